The summed E-state index contributed by atoms with van der Waals surface area (Å²) in [4.78, 5) is 29.9. The summed E-state index contributed by atoms with van der Waals surface area (Å²) in [5.74, 6) is -1.95. The van der Waals surface area contributed by atoms with Crippen LogP contribution in [0.5, 0.6) is 11.5 Å². The number of fused-ring (bicyclic) bond motifs is 4. The molecular formula is C28H32F3N3O7S. The Morgan fingerprint density at radius 1 is 1.10 bits per heavy atom. The average molecular weight is 612 g/mol. The maximum absolute atomic E-state index is 13.3. The van der Waals surface area contributed by atoms with E-state index in [1.807, 2.05) is 48.5 Å². The Kier molecular flexibility index (Phi) is 9.06. The second-order valence-electron chi connectivity index (χ2n) is 10.3. The summed E-state index contributed by atoms with van der Waals surface area (Å²) in [5.41, 5.74) is 2.59. The van der Waals surface area contributed by atoms with Crippen LogP contribution in [0.15, 0.2) is 48.5 Å². The fourth-order valence-corrected chi connectivity index (χ4v) is 6.15. The molecule has 42 heavy (non-hydrogen) atoms. The van der Waals surface area contributed by atoms with E-state index < -0.39 is 33.3 Å². The number of nitrogens with one attached hydrogen (secondary N) is 1. The molecule has 3 heterocycles. The van der Waals surface area contributed by atoms with Crippen molar-refractivity contribution in [2.24, 2.45) is 0 Å². The third-order valence-electron chi connectivity index (χ3n) is 7.36. The molecule has 1 fully saturated rings. The standard InChI is InChI=1S/C26H31N3O5S.C2HF3O2/c1-33-20-8-9-23-22(16-20)21-10-12-29(24(30)17-35(2,31)32)26(25(21)27-23)11-13-28(18-26)14-15-34-19-6-4-3-5-7-19;3-2(4,5)1(6)7/h3-9,16,27H,10-15,17-18H2,1-2H3;(H,6,7). The molecule has 14 heteroatoms. The number of aliphatic carboxylic acids is 1. The summed E-state index contributed by atoms with van der Waals surface area (Å²) in [6.45, 7) is 3.15. The van der Waals surface area contributed by atoms with Crippen LogP contribution in [-0.2, 0) is 31.4 Å². The molecular weight excluding hydrogens is 579 g/mol. The fourth-order valence-electron chi connectivity index (χ4n) is 5.54. The lowest BCUT2D eigenvalue weighted by atomic mass is 9.83. The highest BCUT2D eigenvalue weighted by molar-refractivity contribution is 7.91. The Balaban J connectivity index is 0.000000517. The molecule has 2 aliphatic heterocycles. The van der Waals surface area contributed by atoms with Gasteiger partial charge >= 0.3 is 12.1 Å². The van der Waals surface area contributed by atoms with Crippen molar-refractivity contribution in [2.75, 3.05) is 51.9 Å². The number of methoxy groups -OCH3 is 1. The minimum absolute atomic E-state index is 0.336. The molecule has 3 aromatic rings. The summed E-state index contributed by atoms with van der Waals surface area (Å²) in [5, 5.41) is 8.22. The average Bonchev–Trinajstić information content (AvgIpc) is 3.50. The number of benzene rings is 2. The number of H-pyrrole nitrogens is 1. The first-order valence-corrected chi connectivity index (χ1v) is 15.2. The number of rotatable bonds is 7. The second kappa shape index (κ2) is 12.2. The molecule has 2 N–H and O–H groups in total. The third kappa shape index (κ3) is 6.98. The molecule has 0 saturated carbocycles. The number of carbonyl (C=O) groups excluding carboxylic acids is 1. The van der Waals surface area contributed by atoms with Crippen molar-refractivity contribution in [3.63, 3.8) is 0 Å². The van der Waals surface area contributed by atoms with Gasteiger partial charge in [0.15, 0.2) is 9.84 Å². The van der Waals surface area contributed by atoms with Gasteiger partial charge in [0.2, 0.25) is 5.91 Å². The molecule has 1 unspecified atom stereocenters. The quantitative estimate of drug-likeness (QED) is 0.417. The number of amides is 1. The zero-order valence-electron chi connectivity index (χ0n) is 23.1. The van der Waals surface area contributed by atoms with Gasteiger partial charge < -0.3 is 24.5 Å². The van der Waals surface area contributed by atoms with Crippen LogP contribution in [0.2, 0.25) is 0 Å². The lowest BCUT2D eigenvalue weighted by Gasteiger charge is -2.45. The molecule has 2 aromatic carbocycles. The van der Waals surface area contributed by atoms with Crippen molar-refractivity contribution < 1.29 is 45.8 Å². The number of carboxylic acids is 1. The Morgan fingerprint density at radius 3 is 2.40 bits per heavy atom. The van der Waals surface area contributed by atoms with Crippen molar-refractivity contribution in [1.82, 2.24) is 14.8 Å². The van der Waals surface area contributed by atoms with Gasteiger partial charge in [0.1, 0.15) is 23.9 Å². The maximum atomic E-state index is 13.3. The normalized spacial score (nSPS) is 18.8. The number of sulfone groups is 1. The zero-order valence-corrected chi connectivity index (χ0v) is 23.9. The van der Waals surface area contributed by atoms with Gasteiger partial charge in [-0.15, -0.1) is 0 Å². The Hall–Kier alpha value is -3.78. The molecule has 1 atom stereocenters. The van der Waals surface area contributed by atoms with Gasteiger partial charge in [-0.25, -0.2) is 13.2 Å². The number of nitrogens with zero attached hydrogens (tertiary/aromatic N) is 2. The van der Waals surface area contributed by atoms with E-state index >= 15 is 0 Å². The Labute approximate surface area is 240 Å². The van der Waals surface area contributed by atoms with Crippen LogP contribution in [0.25, 0.3) is 10.9 Å². The monoisotopic (exact) mass is 611 g/mol. The van der Waals surface area contributed by atoms with Crippen LogP contribution in [0.3, 0.4) is 0 Å². The summed E-state index contributed by atoms with van der Waals surface area (Å²) in [6.07, 6.45) is -2.58. The number of carboxylic acid groups (broad SMARTS) is 1. The van der Waals surface area contributed by atoms with Crippen LogP contribution >= 0.6 is 0 Å². The minimum atomic E-state index is -5.08. The fraction of sp³-hybridized carbons (Fsp3) is 0.429. The third-order valence-corrected chi connectivity index (χ3v) is 8.13. The van der Waals surface area contributed by atoms with Gasteiger partial charge in [-0.3, -0.25) is 9.69 Å². The predicted molar refractivity (Wildman–Crippen MR) is 148 cm³/mol. The first kappa shape index (κ1) is 31.2. The predicted octanol–water partition coefficient (Wildman–Crippen LogP) is 3.22. The summed E-state index contributed by atoms with van der Waals surface area (Å²) >= 11 is 0. The van der Waals surface area contributed by atoms with Crippen LogP contribution in [0, 0.1) is 0 Å². The second-order valence-corrected chi connectivity index (χ2v) is 12.4. The topological polar surface area (TPSA) is 129 Å². The van der Waals surface area contributed by atoms with E-state index in [0.29, 0.717) is 32.7 Å². The molecule has 1 amide bonds. The molecule has 1 aromatic heterocycles. The van der Waals surface area contributed by atoms with Crippen molar-refractivity contribution in [3.05, 3.63) is 59.8 Å². The van der Waals surface area contributed by atoms with Crippen molar-refractivity contribution in [1.29, 1.82) is 0 Å². The minimum Gasteiger partial charge on any atom is -0.497 e. The molecule has 228 valence electrons. The smallest absolute Gasteiger partial charge is 0.490 e. The Bertz CT molecular complexity index is 1540. The molecule has 1 spiro atoms. The SMILES string of the molecule is COc1ccc2[nH]c3c(c2c1)CCN(C(=O)CS(C)(=O)=O)C31CCN(CCOc2ccccc2)C1.O=C(O)C(F)(F)F. The zero-order chi connectivity index (χ0) is 30.7. The highest BCUT2D eigenvalue weighted by atomic mass is 32.2. The number of alkyl halides is 3. The molecule has 1 saturated heterocycles. The first-order chi connectivity index (χ1) is 19.7. The number of aromatic amines is 1. The van der Waals surface area contributed by atoms with E-state index in [9.17, 15) is 26.4 Å². The summed E-state index contributed by atoms with van der Waals surface area (Å²) in [7, 11) is -1.79. The van der Waals surface area contributed by atoms with Crippen LogP contribution < -0.4 is 9.47 Å². The number of aromatic nitrogens is 1. The van der Waals surface area contributed by atoms with Crippen LogP contribution in [-0.4, -0.2) is 98.3 Å². The molecule has 5 rings (SSSR count). The molecule has 0 aliphatic carbocycles. The van der Waals surface area contributed by atoms with E-state index in [0.717, 1.165) is 47.3 Å². The van der Waals surface area contributed by atoms with Crippen molar-refractivity contribution >= 4 is 32.6 Å². The van der Waals surface area contributed by atoms with Gasteiger partial charge in [-0.05, 0) is 48.7 Å². The van der Waals surface area contributed by atoms with Crippen LogP contribution in [0.1, 0.15) is 17.7 Å². The van der Waals surface area contributed by atoms with Crippen molar-refractivity contribution in [2.45, 2.75) is 24.6 Å². The molecule has 2 aliphatic rings. The number of carbonyl (C=O) groups is 2. The van der Waals surface area contributed by atoms with Crippen molar-refractivity contribution in [3.8, 4) is 11.5 Å². The number of para-hydroxylation sites is 1. The van der Waals surface area contributed by atoms with E-state index in [1.54, 1.807) is 12.0 Å². The molecule has 10 nitrogen and oxygen atoms in total. The number of halogens is 3. The van der Waals surface area contributed by atoms with Gasteiger partial charge in [-0.2, -0.15) is 13.2 Å². The lowest BCUT2D eigenvalue weighted by molar-refractivity contribution is -0.192. The molecule has 0 bridgehead atoms. The number of likely N-dealkylation sites (tertiary alicyclic amines) is 1. The Morgan fingerprint density at radius 2 is 1.79 bits per heavy atom. The summed E-state index contributed by atoms with van der Waals surface area (Å²) in [6, 6.07) is 15.7. The number of ether oxygens (including phenoxy) is 2. The van der Waals surface area contributed by atoms with E-state index in [2.05, 4.69) is 9.88 Å². The number of hydrogen-bond donors (Lipinski definition) is 2. The van der Waals surface area contributed by atoms with E-state index in [1.165, 1.54) is 5.56 Å². The first-order valence-electron chi connectivity index (χ1n) is 13.1. The lowest BCUT2D eigenvalue weighted by Crippen LogP contribution is -2.56. The van der Waals surface area contributed by atoms with Gasteiger partial charge in [-0.1, -0.05) is 18.2 Å². The van der Waals surface area contributed by atoms with Gasteiger partial charge in [0.25, 0.3) is 0 Å². The number of hydrogen-bond acceptors (Lipinski definition) is 7. The van der Waals surface area contributed by atoms with Crippen LogP contribution in [0.4, 0.5) is 13.2 Å². The largest absolute Gasteiger partial charge is 0.497 e. The van der Waals surface area contributed by atoms with E-state index in [-0.39, 0.29) is 5.91 Å². The van der Waals surface area contributed by atoms with E-state index in [4.69, 9.17) is 19.4 Å². The highest BCUT2D eigenvalue weighted by Gasteiger charge is 2.51. The highest BCUT2D eigenvalue weighted by Crippen LogP contribution is 2.45. The molecule has 0 radical (unpaired) electrons. The summed E-state index contributed by atoms with van der Waals surface area (Å²) < 4.78 is 67.1. The van der Waals surface area contributed by atoms with Gasteiger partial charge in [0, 0.05) is 49.0 Å². The van der Waals surface area contributed by atoms with Gasteiger partial charge in [0.05, 0.1) is 12.6 Å². The maximum Gasteiger partial charge on any atom is 0.490 e.